The summed E-state index contributed by atoms with van der Waals surface area (Å²) in [7, 11) is 1.73. The Morgan fingerprint density at radius 1 is 1.18 bits per heavy atom. The van der Waals surface area contributed by atoms with Crippen LogP contribution in [-0.4, -0.2) is 38.2 Å². The number of hydrogen-bond donors (Lipinski definition) is 1. The van der Waals surface area contributed by atoms with Gasteiger partial charge in [-0.3, -0.25) is 4.90 Å². The molecule has 1 aliphatic carbocycles. The molecule has 2 fully saturated rings. The Balaban J connectivity index is 1.87. The van der Waals surface area contributed by atoms with Crippen molar-refractivity contribution in [2.75, 3.05) is 33.3 Å². The van der Waals surface area contributed by atoms with Crippen molar-refractivity contribution in [3.05, 3.63) is 28.2 Å². The molecule has 0 unspecified atom stereocenters. The molecule has 1 heterocycles. The van der Waals surface area contributed by atoms with Gasteiger partial charge in [-0.05, 0) is 52.4 Å². The Morgan fingerprint density at radius 3 is 2.55 bits per heavy atom. The Labute approximate surface area is 142 Å². The maximum absolute atomic E-state index is 5.40. The molecule has 1 saturated carbocycles. The number of nitrogens with one attached hydrogen (secondary N) is 1. The summed E-state index contributed by atoms with van der Waals surface area (Å²) in [4.78, 5) is 2.70. The predicted molar refractivity (Wildman–Crippen MR) is 94.5 cm³/mol. The third kappa shape index (κ3) is 3.66. The van der Waals surface area contributed by atoms with E-state index in [-0.39, 0.29) is 0 Å². The minimum absolute atomic E-state index is 0.560. The number of nitrogens with zero attached hydrogens (tertiary/aromatic N) is 1. The summed E-state index contributed by atoms with van der Waals surface area (Å²) in [5, 5.41) is 3.48. The lowest BCUT2D eigenvalue weighted by Crippen LogP contribution is -2.47. The lowest BCUT2D eigenvalue weighted by atomic mass is 9.80. The first kappa shape index (κ1) is 16.3. The van der Waals surface area contributed by atoms with E-state index in [1.165, 1.54) is 37.7 Å². The van der Waals surface area contributed by atoms with Crippen LogP contribution in [0, 0.1) is 5.92 Å². The zero-order valence-corrected chi connectivity index (χ0v) is 15.1. The summed E-state index contributed by atoms with van der Waals surface area (Å²) in [6, 6.07) is 7.22. The normalized spacial score (nSPS) is 22.5. The molecular weight excluding hydrogens is 340 g/mol. The predicted octanol–water partition coefficient (Wildman–Crippen LogP) is 3.98. The number of hydrogen-bond acceptors (Lipinski definition) is 3. The average Bonchev–Trinajstić information content (AvgIpc) is 2.57. The Hall–Kier alpha value is -0.580. The van der Waals surface area contributed by atoms with Crippen molar-refractivity contribution in [3.8, 4) is 5.75 Å². The van der Waals surface area contributed by atoms with Crippen LogP contribution in [0.3, 0.4) is 0 Å². The molecule has 1 aromatic rings. The van der Waals surface area contributed by atoms with Crippen LogP contribution >= 0.6 is 15.9 Å². The largest absolute Gasteiger partial charge is 0.496 e. The lowest BCUT2D eigenvalue weighted by Gasteiger charge is -2.41. The summed E-state index contributed by atoms with van der Waals surface area (Å²) in [5.41, 5.74) is 1.45. The molecule has 0 radical (unpaired) electrons. The van der Waals surface area contributed by atoms with E-state index in [1.54, 1.807) is 7.11 Å². The molecule has 3 nitrogen and oxygen atoms in total. The molecule has 0 aromatic heterocycles. The van der Waals surface area contributed by atoms with Gasteiger partial charge in [-0.15, -0.1) is 0 Å². The summed E-state index contributed by atoms with van der Waals surface area (Å²) in [5.74, 6) is 1.72. The second-order valence-electron chi connectivity index (χ2n) is 6.52. The molecule has 1 saturated heterocycles. The first-order valence-corrected chi connectivity index (χ1v) is 9.37. The van der Waals surface area contributed by atoms with Gasteiger partial charge in [-0.1, -0.05) is 25.3 Å². The van der Waals surface area contributed by atoms with E-state index in [9.17, 15) is 0 Å². The lowest BCUT2D eigenvalue weighted by molar-refractivity contribution is 0.103. The number of benzene rings is 1. The van der Waals surface area contributed by atoms with Crippen LogP contribution in [0.1, 0.15) is 43.7 Å². The highest BCUT2D eigenvalue weighted by Gasteiger charge is 2.31. The van der Waals surface area contributed by atoms with Crippen molar-refractivity contribution in [2.24, 2.45) is 5.92 Å². The quantitative estimate of drug-likeness (QED) is 0.871. The van der Waals surface area contributed by atoms with E-state index in [0.717, 1.165) is 42.3 Å². The van der Waals surface area contributed by atoms with Crippen molar-refractivity contribution < 1.29 is 4.74 Å². The van der Waals surface area contributed by atoms with Crippen LogP contribution in [-0.2, 0) is 0 Å². The van der Waals surface area contributed by atoms with E-state index in [0.29, 0.717) is 6.04 Å². The standard InChI is InChI=1S/C18H27BrN2O/c1-22-17-8-7-15(13-16(17)19)18(14-5-3-2-4-6-14)21-11-9-20-10-12-21/h7-8,13-14,18,20H,2-6,9-12H2,1H3/t18-/m1/s1. The molecule has 122 valence electrons. The van der Waals surface area contributed by atoms with Crippen molar-refractivity contribution in [1.82, 2.24) is 10.2 Å². The summed E-state index contributed by atoms with van der Waals surface area (Å²) in [6.07, 6.45) is 6.95. The molecule has 0 spiro atoms. The molecule has 1 aliphatic heterocycles. The highest BCUT2D eigenvalue weighted by atomic mass is 79.9. The Morgan fingerprint density at radius 2 is 1.91 bits per heavy atom. The van der Waals surface area contributed by atoms with Gasteiger partial charge in [0.05, 0.1) is 11.6 Å². The van der Waals surface area contributed by atoms with Gasteiger partial charge in [0.2, 0.25) is 0 Å². The molecule has 1 aromatic carbocycles. The Kier molecular flexibility index (Phi) is 5.77. The van der Waals surface area contributed by atoms with Crippen LogP contribution < -0.4 is 10.1 Å². The van der Waals surface area contributed by atoms with E-state index in [1.807, 2.05) is 0 Å². The molecule has 0 bridgehead atoms. The van der Waals surface area contributed by atoms with Crippen LogP contribution in [0.5, 0.6) is 5.75 Å². The van der Waals surface area contributed by atoms with E-state index < -0.39 is 0 Å². The fourth-order valence-corrected chi connectivity index (χ4v) is 4.62. The van der Waals surface area contributed by atoms with Crippen molar-refractivity contribution in [1.29, 1.82) is 0 Å². The summed E-state index contributed by atoms with van der Waals surface area (Å²) >= 11 is 3.67. The zero-order chi connectivity index (χ0) is 15.4. The maximum atomic E-state index is 5.40. The second-order valence-corrected chi connectivity index (χ2v) is 7.38. The molecule has 4 heteroatoms. The van der Waals surface area contributed by atoms with Crippen LogP contribution in [0.25, 0.3) is 0 Å². The fraction of sp³-hybridized carbons (Fsp3) is 0.667. The van der Waals surface area contributed by atoms with E-state index in [2.05, 4.69) is 44.3 Å². The second kappa shape index (κ2) is 7.80. The van der Waals surface area contributed by atoms with E-state index >= 15 is 0 Å². The number of rotatable bonds is 4. The van der Waals surface area contributed by atoms with Crippen LogP contribution in [0.2, 0.25) is 0 Å². The molecule has 1 N–H and O–H groups in total. The smallest absolute Gasteiger partial charge is 0.133 e. The molecule has 1 atom stereocenters. The van der Waals surface area contributed by atoms with Gasteiger partial charge in [0.25, 0.3) is 0 Å². The third-order valence-corrected chi connectivity index (χ3v) is 5.78. The van der Waals surface area contributed by atoms with Gasteiger partial charge in [0.1, 0.15) is 5.75 Å². The number of halogens is 1. The van der Waals surface area contributed by atoms with Gasteiger partial charge in [-0.25, -0.2) is 0 Å². The van der Waals surface area contributed by atoms with Crippen molar-refractivity contribution in [2.45, 2.75) is 38.1 Å². The minimum atomic E-state index is 0.560. The minimum Gasteiger partial charge on any atom is -0.496 e. The third-order valence-electron chi connectivity index (χ3n) is 5.16. The maximum Gasteiger partial charge on any atom is 0.133 e. The molecule has 0 amide bonds. The summed E-state index contributed by atoms with van der Waals surface area (Å²) < 4.78 is 6.47. The zero-order valence-electron chi connectivity index (χ0n) is 13.5. The van der Waals surface area contributed by atoms with Gasteiger partial charge in [0, 0.05) is 32.2 Å². The topological polar surface area (TPSA) is 24.5 Å². The van der Waals surface area contributed by atoms with Crippen molar-refractivity contribution >= 4 is 15.9 Å². The number of piperazine rings is 1. The number of methoxy groups -OCH3 is 1. The van der Waals surface area contributed by atoms with E-state index in [4.69, 9.17) is 4.74 Å². The van der Waals surface area contributed by atoms with Gasteiger partial charge >= 0.3 is 0 Å². The highest BCUT2D eigenvalue weighted by molar-refractivity contribution is 9.10. The van der Waals surface area contributed by atoms with Crippen LogP contribution in [0.4, 0.5) is 0 Å². The highest BCUT2D eigenvalue weighted by Crippen LogP contribution is 2.40. The monoisotopic (exact) mass is 366 g/mol. The fourth-order valence-electron chi connectivity index (χ4n) is 4.06. The molecule has 22 heavy (non-hydrogen) atoms. The summed E-state index contributed by atoms with van der Waals surface area (Å²) in [6.45, 7) is 4.54. The first-order chi connectivity index (χ1) is 10.8. The average molecular weight is 367 g/mol. The van der Waals surface area contributed by atoms with Gasteiger partial charge in [0.15, 0.2) is 0 Å². The molecular formula is C18H27BrN2O. The van der Waals surface area contributed by atoms with Crippen LogP contribution in [0.15, 0.2) is 22.7 Å². The van der Waals surface area contributed by atoms with Crippen molar-refractivity contribution in [3.63, 3.8) is 0 Å². The molecule has 2 aliphatic rings. The number of ether oxygens (including phenoxy) is 1. The first-order valence-electron chi connectivity index (χ1n) is 8.58. The van der Waals surface area contributed by atoms with Gasteiger partial charge < -0.3 is 10.1 Å². The van der Waals surface area contributed by atoms with Gasteiger partial charge in [-0.2, -0.15) is 0 Å². The Bertz CT molecular complexity index is 464. The SMILES string of the molecule is COc1ccc([C@@H](C2CCCCC2)N2CCNCC2)cc1Br. The molecule has 3 rings (SSSR count).